The Hall–Kier alpha value is -3.18. The van der Waals surface area contributed by atoms with Gasteiger partial charge in [-0.3, -0.25) is 9.79 Å². The summed E-state index contributed by atoms with van der Waals surface area (Å²) in [4.78, 5) is 21.6. The Balaban J connectivity index is 0.000000271. The van der Waals surface area contributed by atoms with Crippen molar-refractivity contribution in [2.75, 3.05) is 29.4 Å². The van der Waals surface area contributed by atoms with E-state index in [9.17, 15) is 4.79 Å². The van der Waals surface area contributed by atoms with Crippen LogP contribution in [0.15, 0.2) is 65.3 Å². The zero-order valence-corrected chi connectivity index (χ0v) is 26.0. The first kappa shape index (κ1) is 32.0. The largest absolute Gasteiger partial charge is 0.365 e. The van der Waals surface area contributed by atoms with Crippen molar-refractivity contribution in [3.63, 3.8) is 0 Å². The molecule has 0 aromatic heterocycles. The van der Waals surface area contributed by atoms with Gasteiger partial charge in [0.25, 0.3) is 5.91 Å². The van der Waals surface area contributed by atoms with Crippen LogP contribution in [0.1, 0.15) is 70.2 Å². The maximum atomic E-state index is 13.0. The molecule has 2 aromatic carbocycles. The summed E-state index contributed by atoms with van der Waals surface area (Å²) in [6.07, 6.45) is 2.95. The van der Waals surface area contributed by atoms with Crippen LogP contribution in [-0.2, 0) is 4.79 Å². The number of likely N-dealkylation sites (N-methyl/N-ethyl adjacent to an activating group) is 1. The lowest BCUT2D eigenvalue weighted by Gasteiger charge is -2.31. The van der Waals surface area contributed by atoms with E-state index in [1.165, 1.54) is 29.8 Å². The Morgan fingerprint density at radius 2 is 1.72 bits per heavy atom. The van der Waals surface area contributed by atoms with Gasteiger partial charge < -0.3 is 15.1 Å². The maximum absolute atomic E-state index is 13.0. The first-order valence-corrected chi connectivity index (χ1v) is 14.4. The SMILES string of the molecule is C=C(C)/C(=C\N=C(C)C)C(=O)N(CC)c1c(C)cccc1C.CC.Cc1ccc(N2C[C@@H]3C[C@H]2CN3)c(C)c1. The summed E-state index contributed by atoms with van der Waals surface area (Å²) >= 11 is 0. The molecular weight excluding hydrogens is 480 g/mol. The van der Waals surface area contributed by atoms with Crippen molar-refractivity contribution in [3.8, 4) is 0 Å². The van der Waals surface area contributed by atoms with Crippen molar-refractivity contribution in [2.45, 2.75) is 87.7 Å². The van der Waals surface area contributed by atoms with Crippen molar-refractivity contribution >= 4 is 23.0 Å². The van der Waals surface area contributed by atoms with Crippen LogP contribution >= 0.6 is 0 Å². The molecule has 2 aliphatic heterocycles. The minimum Gasteiger partial charge on any atom is -0.365 e. The molecule has 4 rings (SSSR count). The molecule has 1 N–H and O–H groups in total. The van der Waals surface area contributed by atoms with E-state index >= 15 is 0 Å². The molecule has 2 aromatic rings. The minimum atomic E-state index is -0.0580. The highest BCUT2D eigenvalue weighted by Crippen LogP contribution is 2.32. The van der Waals surface area contributed by atoms with Gasteiger partial charge in [0, 0.05) is 55.0 Å². The van der Waals surface area contributed by atoms with E-state index in [2.05, 4.69) is 53.8 Å². The van der Waals surface area contributed by atoms with Gasteiger partial charge in [-0.2, -0.15) is 0 Å². The number of hydrogen-bond acceptors (Lipinski definition) is 4. The van der Waals surface area contributed by atoms with Gasteiger partial charge in [0.2, 0.25) is 0 Å². The molecule has 2 bridgehead atoms. The zero-order valence-electron chi connectivity index (χ0n) is 26.0. The molecule has 2 aliphatic rings. The fourth-order valence-corrected chi connectivity index (χ4v) is 5.31. The number of piperazine rings is 1. The Labute approximate surface area is 237 Å². The number of anilines is 2. The van der Waals surface area contributed by atoms with Crippen molar-refractivity contribution < 1.29 is 4.79 Å². The van der Waals surface area contributed by atoms with Crippen molar-refractivity contribution in [1.29, 1.82) is 0 Å². The Kier molecular flexibility index (Phi) is 12.2. The molecule has 0 unspecified atom stereocenters. The molecule has 0 aliphatic carbocycles. The third-order valence-corrected chi connectivity index (χ3v) is 7.13. The van der Waals surface area contributed by atoms with E-state index in [-0.39, 0.29) is 5.91 Å². The summed E-state index contributed by atoms with van der Waals surface area (Å²) in [7, 11) is 0. The second-order valence-electron chi connectivity index (χ2n) is 10.6. The molecule has 5 nitrogen and oxygen atoms in total. The summed E-state index contributed by atoms with van der Waals surface area (Å²) in [6, 6.07) is 14.3. The van der Waals surface area contributed by atoms with Crippen LogP contribution in [0, 0.1) is 27.7 Å². The maximum Gasteiger partial charge on any atom is 0.260 e. The predicted octanol–water partition coefficient (Wildman–Crippen LogP) is 7.48. The van der Waals surface area contributed by atoms with Crippen LogP contribution in [0.3, 0.4) is 0 Å². The summed E-state index contributed by atoms with van der Waals surface area (Å²) < 4.78 is 0. The molecule has 2 saturated heterocycles. The molecule has 1 amide bonds. The molecule has 2 fully saturated rings. The highest BCUT2D eigenvalue weighted by molar-refractivity contribution is 6.09. The number of rotatable bonds is 6. The van der Waals surface area contributed by atoms with Crippen molar-refractivity contribution in [3.05, 3.63) is 82.6 Å². The molecule has 39 heavy (non-hydrogen) atoms. The number of nitrogens with one attached hydrogen (secondary N) is 1. The fraction of sp³-hybridized carbons (Fsp3) is 0.471. The van der Waals surface area contributed by atoms with Crippen LogP contribution in [-0.4, -0.2) is 43.3 Å². The topological polar surface area (TPSA) is 47.9 Å². The van der Waals surface area contributed by atoms with Crippen molar-refractivity contribution in [2.24, 2.45) is 4.99 Å². The lowest BCUT2D eigenvalue weighted by atomic mass is 10.0. The van der Waals surface area contributed by atoms with Gasteiger partial charge in [0.1, 0.15) is 0 Å². The molecule has 212 valence electrons. The van der Waals surface area contributed by atoms with Gasteiger partial charge in [0.15, 0.2) is 0 Å². The van der Waals surface area contributed by atoms with E-state index in [0.29, 0.717) is 12.1 Å². The monoisotopic (exact) mass is 530 g/mol. The predicted molar refractivity (Wildman–Crippen MR) is 170 cm³/mol. The highest BCUT2D eigenvalue weighted by Gasteiger charge is 2.37. The number of carbonyl (C=O) groups is 1. The lowest BCUT2D eigenvalue weighted by Crippen LogP contribution is -2.43. The third-order valence-electron chi connectivity index (χ3n) is 7.13. The molecule has 0 radical (unpaired) electrons. The van der Waals surface area contributed by atoms with Gasteiger partial charge in [-0.1, -0.05) is 56.3 Å². The number of aliphatic imine (C=N–C) groups is 1. The van der Waals surface area contributed by atoms with Gasteiger partial charge >= 0.3 is 0 Å². The number of benzene rings is 2. The second kappa shape index (κ2) is 14.8. The van der Waals surface area contributed by atoms with Gasteiger partial charge in [-0.05, 0) is 90.1 Å². The highest BCUT2D eigenvalue weighted by atomic mass is 16.2. The average Bonchev–Trinajstić information content (AvgIpc) is 3.51. The number of para-hydroxylation sites is 1. The Morgan fingerprint density at radius 1 is 1.08 bits per heavy atom. The molecule has 2 atom stereocenters. The van der Waals surface area contributed by atoms with E-state index in [1.807, 2.05) is 73.6 Å². The van der Waals surface area contributed by atoms with Crippen LogP contribution in [0.5, 0.6) is 0 Å². The number of fused-ring (bicyclic) bond motifs is 2. The number of aryl methyl sites for hydroxylation is 4. The Morgan fingerprint density at radius 3 is 2.18 bits per heavy atom. The number of nitrogens with zero attached hydrogens (tertiary/aromatic N) is 3. The molecule has 0 saturated carbocycles. The molecular formula is C34H50N4O. The summed E-state index contributed by atoms with van der Waals surface area (Å²) in [5.74, 6) is -0.0580. The fourth-order valence-electron chi connectivity index (χ4n) is 5.31. The van der Waals surface area contributed by atoms with Gasteiger partial charge in [-0.25, -0.2) is 0 Å². The zero-order chi connectivity index (χ0) is 29.3. The van der Waals surface area contributed by atoms with Crippen LogP contribution < -0.4 is 15.1 Å². The second-order valence-corrected chi connectivity index (χ2v) is 10.6. The van der Waals surface area contributed by atoms with Crippen molar-refractivity contribution in [1.82, 2.24) is 5.32 Å². The van der Waals surface area contributed by atoms with Crippen LogP contribution in [0.2, 0.25) is 0 Å². The van der Waals surface area contributed by atoms with E-state index in [1.54, 1.807) is 11.1 Å². The first-order chi connectivity index (χ1) is 18.5. The number of carbonyl (C=O) groups excluding carboxylic acids is 1. The van der Waals surface area contributed by atoms with E-state index in [0.717, 1.165) is 46.7 Å². The number of hydrogen-bond donors (Lipinski definition) is 1. The molecule has 5 heteroatoms. The smallest absolute Gasteiger partial charge is 0.260 e. The van der Waals surface area contributed by atoms with E-state index in [4.69, 9.17) is 0 Å². The Bertz CT molecular complexity index is 1190. The number of amides is 1. The summed E-state index contributed by atoms with van der Waals surface area (Å²) in [6.45, 7) is 26.9. The molecule has 2 heterocycles. The summed E-state index contributed by atoms with van der Waals surface area (Å²) in [5.41, 5.74) is 9.54. The standard InChI is InChI=1S/C19H26N2O.C13H18N2.C2H6/c1-8-21(18-15(6)10-9-11-16(18)7)19(22)17(13(2)3)12-20-14(4)5;1-9-3-4-13(10(2)5-9)15-8-11-6-12(15)7-14-11;1-2/h9-12H,2,8H2,1,3-7H3;3-5,11-12,14H,6-8H2,1-2H3;1-2H3/b17-12+;;/t;11-,12-;/m.0./s1. The first-order valence-electron chi connectivity index (χ1n) is 14.4. The van der Waals surface area contributed by atoms with Crippen LogP contribution in [0.25, 0.3) is 0 Å². The van der Waals surface area contributed by atoms with Gasteiger partial charge in [0.05, 0.1) is 5.57 Å². The third kappa shape index (κ3) is 8.15. The lowest BCUT2D eigenvalue weighted by molar-refractivity contribution is -0.114. The minimum absolute atomic E-state index is 0.0580. The van der Waals surface area contributed by atoms with Gasteiger partial charge in [-0.15, -0.1) is 0 Å². The average molecular weight is 531 g/mol. The quantitative estimate of drug-likeness (QED) is 0.239. The summed E-state index contributed by atoms with van der Waals surface area (Å²) in [5, 5.41) is 3.54. The molecule has 0 spiro atoms. The van der Waals surface area contributed by atoms with Crippen LogP contribution in [0.4, 0.5) is 11.4 Å². The van der Waals surface area contributed by atoms with E-state index < -0.39 is 0 Å². The normalized spacial score (nSPS) is 17.5.